The van der Waals surface area contributed by atoms with Crippen LogP contribution in [0.5, 0.6) is 11.5 Å². The summed E-state index contributed by atoms with van der Waals surface area (Å²) in [6.07, 6.45) is -4.77. The lowest BCUT2D eigenvalue weighted by Gasteiger charge is -2.33. The first kappa shape index (κ1) is 22.3. The van der Waals surface area contributed by atoms with Gasteiger partial charge in [-0.1, -0.05) is 6.07 Å². The van der Waals surface area contributed by atoms with Gasteiger partial charge in [-0.15, -0.1) is 0 Å². The molecule has 1 aromatic heterocycles. The molecule has 11 heteroatoms. The Kier molecular flexibility index (Phi) is 6.29. The Morgan fingerprint density at radius 1 is 1.32 bits per heavy atom. The molecule has 2 atom stereocenters. The molecule has 2 unspecified atom stereocenters. The molecule has 166 valence electrons. The van der Waals surface area contributed by atoms with Crippen LogP contribution in [-0.2, 0) is 0 Å². The number of carbonyl (C=O) groups is 1. The second kappa shape index (κ2) is 8.75. The molecular weight excluding hydrogens is 415 g/mol. The Balaban J connectivity index is 1.95. The molecule has 0 radical (unpaired) electrons. The maximum absolute atomic E-state index is 13.8. The minimum atomic E-state index is -4.56. The number of benzene rings is 1. The Bertz CT molecular complexity index is 999. The first-order chi connectivity index (χ1) is 14.7. The van der Waals surface area contributed by atoms with Gasteiger partial charge in [0.25, 0.3) is 5.91 Å². The molecule has 0 saturated heterocycles. The minimum Gasteiger partial charge on any atom is -0.493 e. The number of nitrogens with zero attached hydrogens (tertiary/aromatic N) is 4. The summed E-state index contributed by atoms with van der Waals surface area (Å²) in [5, 5.41) is 15.6. The number of hydrogen-bond donors (Lipinski definition) is 1. The molecule has 2 aromatic rings. The number of ether oxygens (including phenoxy) is 2. The molecule has 3 rings (SSSR count). The maximum Gasteiger partial charge on any atom is 0.410 e. The zero-order chi connectivity index (χ0) is 22.8. The standard InChI is InChI=1S/C20H22F3N5O3/c1-27(8-4-7-24)19(29)14-11-18-25-13(10-17(20(21,22)23)28(18)26-14)12-5-6-15(30-2)16(9-12)31-3/h5-6,9,11,13,17,25H,4,8,10H2,1-3H3. The number of nitriles is 1. The number of halogens is 3. The Hall–Kier alpha value is -3.42. The van der Waals surface area contributed by atoms with Crippen LogP contribution in [0.2, 0.25) is 0 Å². The van der Waals surface area contributed by atoms with E-state index in [2.05, 4.69) is 10.4 Å². The van der Waals surface area contributed by atoms with Crippen LogP contribution in [0.1, 0.15) is 41.0 Å². The Morgan fingerprint density at radius 2 is 2.03 bits per heavy atom. The van der Waals surface area contributed by atoms with Crippen molar-refractivity contribution in [2.45, 2.75) is 31.1 Å². The predicted octanol–water partition coefficient (Wildman–Crippen LogP) is 3.55. The molecule has 0 spiro atoms. The number of methoxy groups -OCH3 is 2. The van der Waals surface area contributed by atoms with E-state index in [0.717, 1.165) is 4.68 Å². The SMILES string of the molecule is COc1ccc(C2CC(C(F)(F)F)n3nc(C(=O)N(C)CCC#N)cc3N2)cc1OC. The third-order valence-corrected chi connectivity index (χ3v) is 5.12. The number of alkyl halides is 3. The van der Waals surface area contributed by atoms with Crippen molar-refractivity contribution in [1.82, 2.24) is 14.7 Å². The lowest BCUT2D eigenvalue weighted by molar-refractivity contribution is -0.173. The van der Waals surface area contributed by atoms with E-state index in [9.17, 15) is 18.0 Å². The monoisotopic (exact) mass is 437 g/mol. The lowest BCUT2D eigenvalue weighted by Crippen LogP contribution is -2.36. The first-order valence-electron chi connectivity index (χ1n) is 9.46. The minimum absolute atomic E-state index is 0.0883. The van der Waals surface area contributed by atoms with Crippen LogP contribution >= 0.6 is 0 Å². The van der Waals surface area contributed by atoms with Crippen molar-refractivity contribution in [3.8, 4) is 17.6 Å². The second-order valence-corrected chi connectivity index (χ2v) is 7.10. The van der Waals surface area contributed by atoms with E-state index in [1.165, 1.54) is 32.2 Å². The summed E-state index contributed by atoms with van der Waals surface area (Å²) in [6.45, 7) is 0.155. The van der Waals surface area contributed by atoms with Gasteiger partial charge in [-0.25, -0.2) is 4.68 Å². The van der Waals surface area contributed by atoms with E-state index >= 15 is 0 Å². The van der Waals surface area contributed by atoms with Crippen LogP contribution in [0.3, 0.4) is 0 Å². The molecule has 1 amide bonds. The zero-order valence-electron chi connectivity index (χ0n) is 17.2. The zero-order valence-corrected chi connectivity index (χ0v) is 17.2. The molecule has 0 fully saturated rings. The molecular formula is C20H22F3N5O3. The smallest absolute Gasteiger partial charge is 0.410 e. The number of nitrogens with one attached hydrogen (secondary N) is 1. The fourth-order valence-electron chi connectivity index (χ4n) is 3.48. The van der Waals surface area contributed by atoms with E-state index in [0.29, 0.717) is 17.1 Å². The van der Waals surface area contributed by atoms with Gasteiger partial charge in [-0.2, -0.15) is 23.5 Å². The second-order valence-electron chi connectivity index (χ2n) is 7.10. The average Bonchev–Trinajstić information content (AvgIpc) is 3.18. The van der Waals surface area contributed by atoms with E-state index < -0.39 is 24.2 Å². The molecule has 0 saturated carbocycles. The first-order valence-corrected chi connectivity index (χ1v) is 9.46. The summed E-state index contributed by atoms with van der Waals surface area (Å²) in [7, 11) is 4.39. The molecule has 1 aromatic carbocycles. The highest BCUT2D eigenvalue weighted by Gasteiger charge is 2.47. The number of rotatable bonds is 6. The Morgan fingerprint density at radius 3 is 2.65 bits per heavy atom. The van der Waals surface area contributed by atoms with Crippen LogP contribution in [0, 0.1) is 11.3 Å². The number of amides is 1. The van der Waals surface area contributed by atoms with Crippen molar-refractivity contribution in [3.05, 3.63) is 35.5 Å². The van der Waals surface area contributed by atoms with Gasteiger partial charge >= 0.3 is 6.18 Å². The number of fused-ring (bicyclic) bond motifs is 1. The van der Waals surface area contributed by atoms with Crippen molar-refractivity contribution >= 4 is 11.7 Å². The quantitative estimate of drug-likeness (QED) is 0.743. The molecule has 1 aliphatic heterocycles. The van der Waals surface area contributed by atoms with E-state index in [4.69, 9.17) is 14.7 Å². The van der Waals surface area contributed by atoms with Crippen molar-refractivity contribution in [2.24, 2.45) is 0 Å². The van der Waals surface area contributed by atoms with Crippen molar-refractivity contribution in [1.29, 1.82) is 5.26 Å². The van der Waals surface area contributed by atoms with Gasteiger partial charge in [0.2, 0.25) is 0 Å². The number of aromatic nitrogens is 2. The van der Waals surface area contributed by atoms with Crippen LogP contribution in [-0.4, -0.2) is 54.6 Å². The molecule has 0 aliphatic carbocycles. The Labute approximate surface area is 177 Å². The lowest BCUT2D eigenvalue weighted by atomic mass is 9.96. The highest BCUT2D eigenvalue weighted by molar-refractivity contribution is 5.93. The normalized spacial score (nSPS) is 17.8. The third kappa shape index (κ3) is 4.52. The summed E-state index contributed by atoms with van der Waals surface area (Å²) < 4.78 is 52.8. The summed E-state index contributed by atoms with van der Waals surface area (Å²) in [6, 6.07) is 5.55. The molecule has 0 bridgehead atoms. The largest absolute Gasteiger partial charge is 0.493 e. The van der Waals surface area contributed by atoms with Gasteiger partial charge in [0, 0.05) is 26.1 Å². The number of hydrogen-bond acceptors (Lipinski definition) is 6. The predicted molar refractivity (Wildman–Crippen MR) is 105 cm³/mol. The van der Waals surface area contributed by atoms with Crippen LogP contribution in [0.4, 0.5) is 19.0 Å². The van der Waals surface area contributed by atoms with E-state index in [1.807, 2.05) is 6.07 Å². The van der Waals surface area contributed by atoms with E-state index in [1.54, 1.807) is 18.2 Å². The summed E-state index contributed by atoms with van der Waals surface area (Å²) in [4.78, 5) is 13.8. The van der Waals surface area contributed by atoms with Crippen molar-refractivity contribution < 1.29 is 27.4 Å². The van der Waals surface area contributed by atoms with Gasteiger partial charge in [-0.3, -0.25) is 4.79 Å². The van der Waals surface area contributed by atoms with Crippen molar-refractivity contribution in [2.75, 3.05) is 33.1 Å². The fraction of sp³-hybridized carbons (Fsp3) is 0.450. The summed E-state index contributed by atoms with van der Waals surface area (Å²) in [5.74, 6) is 0.403. The van der Waals surface area contributed by atoms with Gasteiger partial charge in [0.05, 0.1) is 32.8 Å². The topological polar surface area (TPSA) is 92.4 Å². The molecule has 1 aliphatic rings. The van der Waals surface area contributed by atoms with Gasteiger partial charge in [-0.05, 0) is 17.7 Å². The number of carbonyl (C=O) groups excluding carboxylic acids is 1. The van der Waals surface area contributed by atoms with Crippen LogP contribution in [0.15, 0.2) is 24.3 Å². The maximum atomic E-state index is 13.8. The van der Waals surface area contributed by atoms with Gasteiger partial charge < -0.3 is 19.7 Å². The third-order valence-electron chi connectivity index (χ3n) is 5.12. The molecule has 8 nitrogen and oxygen atoms in total. The highest BCUT2D eigenvalue weighted by Crippen LogP contribution is 2.44. The van der Waals surface area contributed by atoms with Crippen LogP contribution < -0.4 is 14.8 Å². The van der Waals surface area contributed by atoms with E-state index in [-0.39, 0.29) is 30.9 Å². The summed E-state index contributed by atoms with van der Waals surface area (Å²) >= 11 is 0. The molecule has 31 heavy (non-hydrogen) atoms. The van der Waals surface area contributed by atoms with Gasteiger partial charge in [0.15, 0.2) is 23.2 Å². The fourth-order valence-corrected chi connectivity index (χ4v) is 3.48. The summed E-state index contributed by atoms with van der Waals surface area (Å²) in [5.41, 5.74) is 0.462. The average molecular weight is 437 g/mol. The number of anilines is 1. The molecule has 2 heterocycles. The van der Waals surface area contributed by atoms with Gasteiger partial charge in [0.1, 0.15) is 5.82 Å². The highest BCUT2D eigenvalue weighted by atomic mass is 19.4. The van der Waals surface area contributed by atoms with Crippen molar-refractivity contribution in [3.63, 3.8) is 0 Å². The van der Waals surface area contributed by atoms with Crippen LogP contribution in [0.25, 0.3) is 0 Å². The molecule has 1 N–H and O–H groups in total.